The fourth-order valence-electron chi connectivity index (χ4n) is 2.34. The van der Waals surface area contributed by atoms with Crippen LogP contribution in [0.1, 0.15) is 27.2 Å². The molecule has 1 aliphatic heterocycles. The van der Waals surface area contributed by atoms with Crippen LogP contribution in [0.2, 0.25) is 0 Å². The Morgan fingerprint density at radius 1 is 1.44 bits per heavy atom. The minimum Gasteiger partial charge on any atom is -0.380 e. The normalized spacial score (nSPS) is 29.6. The van der Waals surface area contributed by atoms with Gasteiger partial charge in [0.05, 0.1) is 6.10 Å². The van der Waals surface area contributed by atoms with Gasteiger partial charge in [-0.25, -0.2) is 0 Å². The number of hydrogen-bond acceptors (Lipinski definition) is 2. The topological polar surface area (TPSA) is 12.5 Å². The number of halogens is 1. The monoisotopic (exact) mass is 291 g/mol. The first-order valence-electron chi connectivity index (χ1n) is 6.39. The summed E-state index contributed by atoms with van der Waals surface area (Å²) in [5, 5.41) is 1.11. The molecule has 96 valence electrons. The summed E-state index contributed by atoms with van der Waals surface area (Å²) < 4.78 is 5.56. The van der Waals surface area contributed by atoms with E-state index in [9.17, 15) is 0 Å². The zero-order valence-electron chi connectivity index (χ0n) is 11.1. The van der Waals surface area contributed by atoms with Crippen LogP contribution in [0.4, 0.5) is 0 Å². The molecule has 0 saturated carbocycles. The molecule has 0 aliphatic carbocycles. The summed E-state index contributed by atoms with van der Waals surface area (Å²) in [7, 11) is 1.84. The summed E-state index contributed by atoms with van der Waals surface area (Å²) in [5.41, 5.74) is 0. The second-order valence-corrected chi connectivity index (χ2v) is 6.11. The zero-order chi connectivity index (χ0) is 12.1. The van der Waals surface area contributed by atoms with Crippen molar-refractivity contribution in [3.63, 3.8) is 0 Å². The lowest BCUT2D eigenvalue weighted by molar-refractivity contribution is -0.0101. The maximum absolute atomic E-state index is 5.56. The maximum atomic E-state index is 5.56. The molecule has 3 heteroatoms. The van der Waals surface area contributed by atoms with Crippen molar-refractivity contribution >= 4 is 15.9 Å². The van der Waals surface area contributed by atoms with E-state index in [0.717, 1.165) is 23.7 Å². The molecule has 0 N–H and O–H groups in total. The molecule has 0 aromatic rings. The second-order valence-electron chi connectivity index (χ2n) is 5.46. The predicted molar refractivity (Wildman–Crippen MR) is 73.1 cm³/mol. The Hall–Kier alpha value is 0.400. The van der Waals surface area contributed by atoms with E-state index >= 15 is 0 Å². The molecule has 0 spiro atoms. The lowest BCUT2D eigenvalue weighted by Crippen LogP contribution is -2.46. The van der Waals surface area contributed by atoms with Gasteiger partial charge >= 0.3 is 0 Å². The van der Waals surface area contributed by atoms with Crippen molar-refractivity contribution in [2.45, 2.75) is 33.3 Å². The van der Waals surface area contributed by atoms with Crippen molar-refractivity contribution in [2.75, 3.05) is 32.1 Å². The van der Waals surface area contributed by atoms with Gasteiger partial charge in [-0.05, 0) is 30.7 Å². The smallest absolute Gasteiger partial charge is 0.0724 e. The van der Waals surface area contributed by atoms with E-state index in [2.05, 4.69) is 41.6 Å². The highest BCUT2D eigenvalue weighted by molar-refractivity contribution is 9.09. The van der Waals surface area contributed by atoms with Gasteiger partial charge in [0.2, 0.25) is 0 Å². The third-order valence-corrected chi connectivity index (χ3v) is 4.74. The third kappa shape index (κ3) is 4.01. The van der Waals surface area contributed by atoms with Crippen LogP contribution in [0.5, 0.6) is 0 Å². The Balaban J connectivity index is 2.43. The third-order valence-electron chi connectivity index (χ3n) is 3.91. The zero-order valence-corrected chi connectivity index (χ0v) is 12.7. The fraction of sp³-hybridized carbons (Fsp3) is 1.00. The summed E-state index contributed by atoms with van der Waals surface area (Å²) in [5.74, 6) is 2.22. The largest absolute Gasteiger partial charge is 0.380 e. The first-order valence-corrected chi connectivity index (χ1v) is 7.51. The number of nitrogens with zero attached hydrogens (tertiary/aromatic N) is 1. The molecule has 3 atom stereocenters. The highest BCUT2D eigenvalue weighted by atomic mass is 79.9. The number of alkyl halides is 1. The Morgan fingerprint density at radius 2 is 2.12 bits per heavy atom. The fourth-order valence-corrected chi connectivity index (χ4v) is 3.29. The summed E-state index contributed by atoms with van der Waals surface area (Å²) in [6, 6.07) is 0. The van der Waals surface area contributed by atoms with Crippen molar-refractivity contribution in [2.24, 2.45) is 17.8 Å². The summed E-state index contributed by atoms with van der Waals surface area (Å²) in [4.78, 5) is 2.57. The molecule has 16 heavy (non-hydrogen) atoms. The molecular weight excluding hydrogens is 266 g/mol. The highest BCUT2D eigenvalue weighted by Gasteiger charge is 2.27. The van der Waals surface area contributed by atoms with Crippen LogP contribution in [0, 0.1) is 17.8 Å². The van der Waals surface area contributed by atoms with Crippen molar-refractivity contribution in [1.29, 1.82) is 0 Å². The number of rotatable bonds is 5. The van der Waals surface area contributed by atoms with Crippen LogP contribution in [0.25, 0.3) is 0 Å². The van der Waals surface area contributed by atoms with Crippen LogP contribution < -0.4 is 0 Å². The van der Waals surface area contributed by atoms with Gasteiger partial charge in [-0.1, -0.05) is 36.7 Å². The number of methoxy groups -OCH3 is 1. The molecule has 1 rings (SSSR count). The van der Waals surface area contributed by atoms with Crippen LogP contribution in [-0.4, -0.2) is 43.1 Å². The predicted octanol–water partition coefficient (Wildman–Crippen LogP) is 3.01. The average molecular weight is 292 g/mol. The van der Waals surface area contributed by atoms with Gasteiger partial charge in [0.25, 0.3) is 0 Å². The molecule has 2 nitrogen and oxygen atoms in total. The number of hydrogen-bond donors (Lipinski definition) is 0. The first kappa shape index (κ1) is 14.5. The Morgan fingerprint density at radius 3 is 2.62 bits per heavy atom. The minimum absolute atomic E-state index is 0.428. The standard InChI is InChI=1S/C13H26BrNO/c1-10(2)12(7-14)8-15-6-5-11(3)13(9-15)16-4/h10-13H,5-9H2,1-4H3. The van der Waals surface area contributed by atoms with Crippen molar-refractivity contribution < 1.29 is 4.74 Å². The van der Waals surface area contributed by atoms with E-state index in [4.69, 9.17) is 4.74 Å². The molecule has 1 aliphatic rings. The molecule has 0 amide bonds. The molecule has 1 saturated heterocycles. The lowest BCUT2D eigenvalue weighted by atomic mass is 9.92. The van der Waals surface area contributed by atoms with Gasteiger partial charge in [-0.15, -0.1) is 0 Å². The van der Waals surface area contributed by atoms with Gasteiger partial charge in [0.15, 0.2) is 0 Å². The second kappa shape index (κ2) is 6.97. The van der Waals surface area contributed by atoms with Crippen molar-refractivity contribution in [3.8, 4) is 0 Å². The highest BCUT2D eigenvalue weighted by Crippen LogP contribution is 2.22. The quantitative estimate of drug-likeness (QED) is 0.722. The molecule has 0 radical (unpaired) electrons. The molecule has 0 aromatic carbocycles. The summed E-state index contributed by atoms with van der Waals surface area (Å²) >= 11 is 3.63. The van der Waals surface area contributed by atoms with Gasteiger partial charge in [0.1, 0.15) is 0 Å². The van der Waals surface area contributed by atoms with Crippen molar-refractivity contribution in [3.05, 3.63) is 0 Å². The minimum atomic E-state index is 0.428. The van der Waals surface area contributed by atoms with E-state index in [1.807, 2.05) is 7.11 Å². The van der Waals surface area contributed by atoms with E-state index in [1.165, 1.54) is 19.5 Å². The molecule has 1 fully saturated rings. The number of piperidine rings is 1. The van der Waals surface area contributed by atoms with E-state index in [1.54, 1.807) is 0 Å². The number of ether oxygens (including phenoxy) is 1. The SMILES string of the molecule is COC1CN(CC(CBr)C(C)C)CCC1C. The first-order chi connectivity index (χ1) is 7.58. The number of likely N-dealkylation sites (tertiary alicyclic amines) is 1. The average Bonchev–Trinajstić information content (AvgIpc) is 2.27. The molecular formula is C13H26BrNO. The Bertz CT molecular complexity index is 198. The van der Waals surface area contributed by atoms with E-state index in [0.29, 0.717) is 12.0 Å². The van der Waals surface area contributed by atoms with Crippen LogP contribution in [0.3, 0.4) is 0 Å². The van der Waals surface area contributed by atoms with Crippen LogP contribution in [0.15, 0.2) is 0 Å². The lowest BCUT2D eigenvalue weighted by Gasteiger charge is -2.38. The van der Waals surface area contributed by atoms with E-state index < -0.39 is 0 Å². The summed E-state index contributed by atoms with van der Waals surface area (Å²) in [6.07, 6.45) is 1.70. The van der Waals surface area contributed by atoms with Gasteiger partial charge in [-0.3, -0.25) is 0 Å². The van der Waals surface area contributed by atoms with Gasteiger partial charge in [-0.2, -0.15) is 0 Å². The summed E-state index contributed by atoms with van der Waals surface area (Å²) in [6.45, 7) is 10.5. The molecule has 3 unspecified atom stereocenters. The molecule has 0 bridgehead atoms. The van der Waals surface area contributed by atoms with Gasteiger partial charge in [0, 0.05) is 25.5 Å². The van der Waals surface area contributed by atoms with Gasteiger partial charge < -0.3 is 9.64 Å². The Kier molecular flexibility index (Phi) is 6.30. The van der Waals surface area contributed by atoms with Crippen LogP contribution in [-0.2, 0) is 4.74 Å². The maximum Gasteiger partial charge on any atom is 0.0724 e. The Labute approximate surface area is 109 Å². The van der Waals surface area contributed by atoms with Crippen molar-refractivity contribution in [1.82, 2.24) is 4.90 Å². The van der Waals surface area contributed by atoms with E-state index in [-0.39, 0.29) is 0 Å². The molecule has 0 aromatic heterocycles. The molecule has 1 heterocycles. The van der Waals surface area contributed by atoms with Crippen LogP contribution >= 0.6 is 15.9 Å².